The van der Waals surface area contributed by atoms with Crippen LogP contribution in [-0.4, -0.2) is 96.7 Å². The Labute approximate surface area is 479 Å². The predicted molar refractivity (Wildman–Crippen MR) is 312 cm³/mol. The van der Waals surface area contributed by atoms with Crippen molar-refractivity contribution in [3.05, 3.63) is 0 Å². The summed E-state index contributed by atoms with van der Waals surface area (Å²) in [6.07, 6.45) is 39.0. The van der Waals surface area contributed by atoms with Gasteiger partial charge in [-0.15, -0.1) is 0 Å². The van der Waals surface area contributed by atoms with Gasteiger partial charge in [-0.05, 0) is 25.7 Å². The quantitative estimate of drug-likeness (QED) is 0.0222. The molecule has 0 aromatic heterocycles. The molecule has 79 heavy (non-hydrogen) atoms. The van der Waals surface area contributed by atoms with E-state index in [9.17, 15) is 43.2 Å². The highest BCUT2D eigenvalue weighted by atomic mass is 31.2. The molecule has 0 aromatic rings. The molecule has 0 aliphatic carbocycles. The van der Waals surface area contributed by atoms with Gasteiger partial charge in [0.05, 0.1) is 26.4 Å². The summed E-state index contributed by atoms with van der Waals surface area (Å²) in [5.74, 6) is -2.14. The zero-order valence-corrected chi connectivity index (χ0v) is 52.1. The minimum atomic E-state index is -4.94. The number of phosphoric acid groups is 2. The Hall–Kier alpha value is -1.94. The molecule has 0 aliphatic rings. The maximum atomic E-state index is 12.9. The van der Waals surface area contributed by atoms with E-state index in [1.807, 2.05) is 0 Å². The molecule has 468 valence electrons. The van der Waals surface area contributed by atoms with Crippen LogP contribution in [0.25, 0.3) is 0 Å². The number of unbranched alkanes of at least 4 members (excludes halogenated alkanes) is 35. The minimum absolute atomic E-state index is 0.105. The molecular formula is C60H116O17P2. The van der Waals surface area contributed by atoms with Crippen molar-refractivity contribution in [3.8, 4) is 0 Å². The fraction of sp³-hybridized carbons (Fsp3) is 0.933. The standard InChI is InChI=1S/C60H116O17P2/c1-5-9-13-17-21-24-26-27-29-31-35-39-43-47-60(65)77-56(51-71-58(63)45-41-37-34-30-28-25-22-18-14-10-6-2)53-75-79(68,69)73-49-54(61)48-72-78(66,67)74-52-55(50-70-57(62)44-40-36-32-20-16-12-8-4)76-59(64)46-42-38-33-23-19-15-11-7-3/h54-56,61H,5-53H2,1-4H3,(H,66,67)(H,68,69)/t54-,55+,56+/m0/s1. The molecule has 0 aromatic carbocycles. The van der Waals surface area contributed by atoms with E-state index < -0.39 is 97.5 Å². The highest BCUT2D eigenvalue weighted by Crippen LogP contribution is 2.45. The summed E-state index contributed by atoms with van der Waals surface area (Å²) in [7, 11) is -9.87. The summed E-state index contributed by atoms with van der Waals surface area (Å²) in [6, 6.07) is 0. The van der Waals surface area contributed by atoms with E-state index in [4.69, 9.17) is 37.0 Å². The molecule has 0 amide bonds. The number of aliphatic hydroxyl groups excluding tert-OH is 1. The molecule has 5 atom stereocenters. The van der Waals surface area contributed by atoms with Gasteiger partial charge in [0.1, 0.15) is 19.3 Å². The molecule has 17 nitrogen and oxygen atoms in total. The van der Waals surface area contributed by atoms with Gasteiger partial charge in [0.25, 0.3) is 0 Å². The van der Waals surface area contributed by atoms with Crippen molar-refractivity contribution in [1.82, 2.24) is 0 Å². The molecule has 0 saturated heterocycles. The Kier molecular flexibility index (Phi) is 53.9. The van der Waals surface area contributed by atoms with Crippen LogP contribution in [0.5, 0.6) is 0 Å². The van der Waals surface area contributed by atoms with Crippen LogP contribution in [-0.2, 0) is 65.4 Å². The summed E-state index contributed by atoms with van der Waals surface area (Å²) in [5.41, 5.74) is 0. The van der Waals surface area contributed by atoms with Crippen LogP contribution in [0, 0.1) is 0 Å². The number of ether oxygens (including phenoxy) is 4. The molecular weight excluding hydrogens is 1050 g/mol. The van der Waals surface area contributed by atoms with Crippen LogP contribution in [0.3, 0.4) is 0 Å². The number of rotatable bonds is 61. The summed E-state index contributed by atoms with van der Waals surface area (Å²) in [6.45, 7) is 4.80. The third kappa shape index (κ3) is 55.0. The topological polar surface area (TPSA) is 237 Å². The van der Waals surface area contributed by atoms with Gasteiger partial charge in [0.2, 0.25) is 0 Å². The van der Waals surface area contributed by atoms with E-state index in [2.05, 4.69) is 27.7 Å². The van der Waals surface area contributed by atoms with Crippen molar-refractivity contribution < 1.29 is 80.2 Å². The van der Waals surface area contributed by atoms with Gasteiger partial charge in [0.15, 0.2) is 12.2 Å². The number of aliphatic hydroxyl groups is 1. The molecule has 0 fully saturated rings. The third-order valence-corrected chi connectivity index (χ3v) is 15.8. The molecule has 2 unspecified atom stereocenters. The molecule has 0 rings (SSSR count). The Morgan fingerprint density at radius 2 is 0.506 bits per heavy atom. The Balaban J connectivity index is 5.20. The van der Waals surface area contributed by atoms with E-state index in [0.29, 0.717) is 25.7 Å². The van der Waals surface area contributed by atoms with E-state index >= 15 is 0 Å². The van der Waals surface area contributed by atoms with E-state index in [1.165, 1.54) is 116 Å². The first-order chi connectivity index (χ1) is 38.2. The van der Waals surface area contributed by atoms with Crippen LogP contribution < -0.4 is 0 Å². The fourth-order valence-electron chi connectivity index (χ4n) is 8.93. The van der Waals surface area contributed by atoms with Gasteiger partial charge in [-0.3, -0.25) is 37.3 Å². The lowest BCUT2D eigenvalue weighted by atomic mass is 10.0. The van der Waals surface area contributed by atoms with Gasteiger partial charge in [-0.2, -0.15) is 0 Å². The number of hydrogen-bond donors (Lipinski definition) is 3. The summed E-state index contributed by atoms with van der Waals surface area (Å²) >= 11 is 0. The lowest BCUT2D eigenvalue weighted by Crippen LogP contribution is -2.30. The zero-order chi connectivity index (χ0) is 58.3. The molecule has 19 heteroatoms. The van der Waals surface area contributed by atoms with Crippen molar-refractivity contribution in [2.45, 2.75) is 322 Å². The first kappa shape index (κ1) is 77.1. The van der Waals surface area contributed by atoms with Crippen molar-refractivity contribution in [1.29, 1.82) is 0 Å². The van der Waals surface area contributed by atoms with E-state index in [-0.39, 0.29) is 25.7 Å². The smallest absolute Gasteiger partial charge is 0.462 e. The normalized spacial score (nSPS) is 14.3. The molecule has 0 radical (unpaired) electrons. The van der Waals surface area contributed by atoms with Crippen LogP contribution in [0.2, 0.25) is 0 Å². The molecule has 0 bridgehead atoms. The van der Waals surface area contributed by atoms with Crippen molar-refractivity contribution in [3.63, 3.8) is 0 Å². The Morgan fingerprint density at radius 3 is 0.747 bits per heavy atom. The first-order valence-corrected chi connectivity index (χ1v) is 34.8. The molecule has 0 spiro atoms. The predicted octanol–water partition coefficient (Wildman–Crippen LogP) is 16.4. The second-order valence-electron chi connectivity index (χ2n) is 21.7. The van der Waals surface area contributed by atoms with Crippen molar-refractivity contribution in [2.24, 2.45) is 0 Å². The van der Waals surface area contributed by atoms with E-state index in [0.717, 1.165) is 109 Å². The van der Waals surface area contributed by atoms with Gasteiger partial charge in [-0.1, -0.05) is 252 Å². The molecule has 0 aliphatic heterocycles. The summed E-state index contributed by atoms with van der Waals surface area (Å²) in [5, 5.41) is 10.5. The second-order valence-corrected chi connectivity index (χ2v) is 24.6. The first-order valence-electron chi connectivity index (χ1n) is 31.8. The van der Waals surface area contributed by atoms with Gasteiger partial charge in [-0.25, -0.2) is 9.13 Å². The second kappa shape index (κ2) is 55.3. The summed E-state index contributed by atoms with van der Waals surface area (Å²) < 4.78 is 67.7. The van der Waals surface area contributed by atoms with E-state index in [1.54, 1.807) is 0 Å². The van der Waals surface area contributed by atoms with Crippen molar-refractivity contribution >= 4 is 39.5 Å². The van der Waals surface area contributed by atoms with Crippen molar-refractivity contribution in [2.75, 3.05) is 39.6 Å². The highest BCUT2D eigenvalue weighted by Gasteiger charge is 2.30. The average Bonchev–Trinajstić information content (AvgIpc) is 3.42. The lowest BCUT2D eigenvalue weighted by Gasteiger charge is -2.21. The number of esters is 4. The number of carbonyl (C=O) groups is 4. The number of hydrogen-bond acceptors (Lipinski definition) is 15. The van der Waals surface area contributed by atoms with Crippen LogP contribution in [0.4, 0.5) is 0 Å². The minimum Gasteiger partial charge on any atom is -0.462 e. The van der Waals surface area contributed by atoms with Gasteiger partial charge < -0.3 is 33.8 Å². The lowest BCUT2D eigenvalue weighted by molar-refractivity contribution is -0.161. The molecule has 0 heterocycles. The highest BCUT2D eigenvalue weighted by molar-refractivity contribution is 7.47. The molecule has 0 saturated carbocycles. The van der Waals surface area contributed by atoms with Gasteiger partial charge >= 0.3 is 39.5 Å². The fourth-order valence-corrected chi connectivity index (χ4v) is 10.5. The summed E-state index contributed by atoms with van der Waals surface area (Å²) in [4.78, 5) is 71.8. The Bertz CT molecular complexity index is 1540. The monoisotopic (exact) mass is 1170 g/mol. The van der Waals surface area contributed by atoms with Crippen LogP contribution >= 0.6 is 15.6 Å². The van der Waals surface area contributed by atoms with Crippen LogP contribution in [0.1, 0.15) is 304 Å². The number of carbonyl (C=O) groups excluding carboxylic acids is 4. The van der Waals surface area contributed by atoms with Gasteiger partial charge in [0, 0.05) is 25.7 Å². The average molecular weight is 1170 g/mol. The Morgan fingerprint density at radius 1 is 0.304 bits per heavy atom. The third-order valence-electron chi connectivity index (χ3n) is 13.9. The maximum Gasteiger partial charge on any atom is 0.472 e. The SMILES string of the molecule is CCCCCCCCCCCCCCCC(=O)O[C@H](COC(=O)CCCCCCCCCCCCC)COP(=O)(O)OC[C@@H](O)COP(=O)(O)OC[C@@H](COC(=O)CCCCCCCCC)OC(=O)CCCCCCCCCC. The molecule has 3 N–H and O–H groups in total. The largest absolute Gasteiger partial charge is 0.472 e. The zero-order valence-electron chi connectivity index (χ0n) is 50.3. The maximum absolute atomic E-state index is 12.9. The van der Waals surface area contributed by atoms with Crippen LogP contribution in [0.15, 0.2) is 0 Å². The number of phosphoric ester groups is 2.